The Labute approximate surface area is 214 Å². The van der Waals surface area contributed by atoms with Crippen LogP contribution >= 0.6 is 11.6 Å². The molecule has 3 aliphatic rings. The lowest BCUT2D eigenvalue weighted by atomic mass is 9.44. The lowest BCUT2D eigenvalue weighted by Crippen LogP contribution is -2.56. The molecule has 0 aliphatic heterocycles. The number of hydrogen-bond acceptors (Lipinski definition) is 9. The first-order valence-electron chi connectivity index (χ1n) is 11.4. The predicted octanol–water partition coefficient (Wildman–Crippen LogP) is 3.30. The topological polar surface area (TPSA) is 130 Å². The molecule has 0 amide bonds. The molecule has 2 heterocycles. The summed E-state index contributed by atoms with van der Waals surface area (Å²) in [5, 5.41) is 7.99. The molecular formula is C23H27ClN6O5S. The lowest BCUT2D eigenvalue weighted by molar-refractivity contribution is -0.0359. The van der Waals surface area contributed by atoms with E-state index >= 15 is 0 Å². The number of ether oxygens (including phenoxy) is 3. The molecule has 11 nitrogen and oxygen atoms in total. The number of para-hydroxylation sites is 1. The van der Waals surface area contributed by atoms with Crippen LogP contribution in [-0.2, 0) is 20.2 Å². The highest BCUT2D eigenvalue weighted by Crippen LogP contribution is 2.65. The Morgan fingerprint density at radius 2 is 1.69 bits per heavy atom. The zero-order valence-corrected chi connectivity index (χ0v) is 21.9. The van der Waals surface area contributed by atoms with Crippen LogP contribution in [0.4, 0.5) is 5.95 Å². The summed E-state index contributed by atoms with van der Waals surface area (Å²) < 4.78 is 48.2. The van der Waals surface area contributed by atoms with Gasteiger partial charge in [-0.25, -0.2) is 18.4 Å². The molecule has 2 atom stereocenters. The number of aromatic nitrogens is 5. The minimum atomic E-state index is -4.05. The first kappa shape index (κ1) is 24.7. The van der Waals surface area contributed by atoms with E-state index in [0.29, 0.717) is 34.0 Å². The van der Waals surface area contributed by atoms with Crippen molar-refractivity contribution in [3.63, 3.8) is 0 Å². The van der Waals surface area contributed by atoms with Crippen LogP contribution in [0.1, 0.15) is 43.9 Å². The van der Waals surface area contributed by atoms with Crippen molar-refractivity contribution in [2.45, 2.75) is 43.0 Å². The van der Waals surface area contributed by atoms with Crippen LogP contribution in [0.2, 0.25) is 5.02 Å². The molecule has 192 valence electrons. The minimum Gasteiger partial charge on any atom is -0.494 e. The van der Waals surface area contributed by atoms with Gasteiger partial charge < -0.3 is 14.2 Å². The quantitative estimate of drug-likeness (QED) is 0.416. The summed E-state index contributed by atoms with van der Waals surface area (Å²) in [6, 6.07) is 5.36. The van der Waals surface area contributed by atoms with E-state index in [-0.39, 0.29) is 17.2 Å². The predicted molar refractivity (Wildman–Crippen MR) is 132 cm³/mol. The third-order valence-electron chi connectivity index (χ3n) is 7.10. The summed E-state index contributed by atoms with van der Waals surface area (Å²) in [6.07, 6.45) is 4.81. The van der Waals surface area contributed by atoms with Gasteiger partial charge in [-0.05, 0) is 44.2 Å². The molecule has 6 rings (SSSR count). The van der Waals surface area contributed by atoms with Gasteiger partial charge in [0.1, 0.15) is 34.4 Å². The number of benzene rings is 1. The standard InChI is InChI=1S/C23H27ClN6O5S/c1-13(19(35-4)20-25-11-15(24)12-26-20)36(31,32)29-22-28-27-21(23-8-14(9-23)10-23)30(22)18-16(33-2)6-5-7-17(18)34-3/h5-7,11-14,19H,8-10H2,1-4H3,(H,28,29). The van der Waals surface area contributed by atoms with E-state index in [4.69, 9.17) is 25.8 Å². The summed E-state index contributed by atoms with van der Waals surface area (Å²) in [4.78, 5) is 8.27. The van der Waals surface area contributed by atoms with Crippen molar-refractivity contribution in [2.24, 2.45) is 5.92 Å². The third-order valence-corrected chi connectivity index (χ3v) is 8.99. The largest absolute Gasteiger partial charge is 0.494 e. The van der Waals surface area contributed by atoms with E-state index in [1.807, 2.05) is 0 Å². The Morgan fingerprint density at radius 1 is 1.08 bits per heavy atom. The number of nitrogens with one attached hydrogen (secondary N) is 1. The Hall–Kier alpha value is -2.96. The molecule has 3 aromatic rings. The maximum absolute atomic E-state index is 13.6. The number of sulfonamides is 1. The second kappa shape index (κ2) is 9.16. The molecule has 1 N–H and O–H groups in total. The van der Waals surface area contributed by atoms with Crippen molar-refractivity contribution in [3.05, 3.63) is 47.3 Å². The van der Waals surface area contributed by atoms with Gasteiger partial charge in [0.15, 0.2) is 5.82 Å². The van der Waals surface area contributed by atoms with Gasteiger partial charge in [-0.2, -0.15) is 0 Å². The Balaban J connectivity index is 1.56. The van der Waals surface area contributed by atoms with Gasteiger partial charge in [0.05, 0.1) is 19.2 Å². The second-order valence-corrected chi connectivity index (χ2v) is 11.7. The summed E-state index contributed by atoms with van der Waals surface area (Å²) >= 11 is 5.89. The van der Waals surface area contributed by atoms with E-state index in [1.54, 1.807) is 37.0 Å². The van der Waals surface area contributed by atoms with Crippen molar-refractivity contribution in [1.82, 2.24) is 24.7 Å². The van der Waals surface area contributed by atoms with Crippen molar-refractivity contribution < 1.29 is 22.6 Å². The Morgan fingerprint density at radius 3 is 2.19 bits per heavy atom. The van der Waals surface area contributed by atoms with E-state index < -0.39 is 21.4 Å². The zero-order chi connectivity index (χ0) is 25.7. The van der Waals surface area contributed by atoms with Crippen LogP contribution in [0, 0.1) is 5.92 Å². The van der Waals surface area contributed by atoms with Crippen LogP contribution in [0.15, 0.2) is 30.6 Å². The van der Waals surface area contributed by atoms with Crippen molar-refractivity contribution in [3.8, 4) is 17.2 Å². The third kappa shape index (κ3) is 3.97. The summed E-state index contributed by atoms with van der Waals surface area (Å²) in [5.41, 5.74) is 0.396. The SMILES string of the molecule is COc1cccc(OC)c1-n1c(NS(=O)(=O)C(C)C(OC)c2ncc(Cl)cn2)nnc1C12CC(C1)C2. The van der Waals surface area contributed by atoms with Crippen LogP contribution in [0.25, 0.3) is 5.69 Å². The van der Waals surface area contributed by atoms with Gasteiger partial charge in [-0.1, -0.05) is 17.7 Å². The molecule has 3 fully saturated rings. The van der Waals surface area contributed by atoms with Crippen LogP contribution < -0.4 is 14.2 Å². The van der Waals surface area contributed by atoms with Gasteiger partial charge >= 0.3 is 0 Å². The number of nitrogens with zero attached hydrogens (tertiary/aromatic N) is 5. The summed E-state index contributed by atoms with van der Waals surface area (Å²) in [6.45, 7) is 1.51. The molecule has 36 heavy (non-hydrogen) atoms. The molecule has 0 saturated heterocycles. The highest BCUT2D eigenvalue weighted by atomic mass is 35.5. The number of anilines is 1. The van der Waals surface area contributed by atoms with E-state index in [0.717, 1.165) is 19.3 Å². The fourth-order valence-electron chi connectivity index (χ4n) is 5.07. The van der Waals surface area contributed by atoms with E-state index in [1.165, 1.54) is 26.4 Å². The highest BCUT2D eigenvalue weighted by Gasteiger charge is 2.60. The smallest absolute Gasteiger partial charge is 0.243 e. The molecule has 13 heteroatoms. The first-order chi connectivity index (χ1) is 17.2. The molecule has 2 aromatic heterocycles. The van der Waals surface area contributed by atoms with Crippen LogP contribution in [0.3, 0.4) is 0 Å². The fraction of sp³-hybridized carbons (Fsp3) is 0.478. The highest BCUT2D eigenvalue weighted by molar-refractivity contribution is 7.93. The Bertz CT molecular complexity index is 1340. The molecule has 2 bridgehead atoms. The monoisotopic (exact) mass is 534 g/mol. The first-order valence-corrected chi connectivity index (χ1v) is 13.3. The van der Waals surface area contributed by atoms with Gasteiger partial charge in [0, 0.05) is 24.9 Å². The zero-order valence-electron chi connectivity index (χ0n) is 20.3. The molecule has 0 spiro atoms. The minimum absolute atomic E-state index is 0.0382. The molecule has 3 aliphatic carbocycles. The lowest BCUT2D eigenvalue weighted by Gasteiger charge is -2.60. The summed E-state index contributed by atoms with van der Waals surface area (Å²) in [5.74, 6) is 2.59. The van der Waals surface area contributed by atoms with Gasteiger partial charge in [-0.15, -0.1) is 10.2 Å². The average Bonchev–Trinajstić information content (AvgIpc) is 3.19. The molecule has 0 radical (unpaired) electrons. The van der Waals surface area contributed by atoms with Crippen molar-refractivity contribution in [1.29, 1.82) is 0 Å². The number of methoxy groups -OCH3 is 3. The maximum atomic E-state index is 13.6. The maximum Gasteiger partial charge on any atom is 0.243 e. The van der Waals surface area contributed by atoms with Crippen molar-refractivity contribution >= 4 is 27.6 Å². The van der Waals surface area contributed by atoms with Gasteiger partial charge in [0.25, 0.3) is 0 Å². The fourth-order valence-corrected chi connectivity index (χ4v) is 6.30. The summed E-state index contributed by atoms with van der Waals surface area (Å²) in [7, 11) is 0.439. The van der Waals surface area contributed by atoms with Gasteiger partial charge in [-0.3, -0.25) is 9.29 Å². The number of hydrogen-bond donors (Lipinski definition) is 1. The molecule has 3 saturated carbocycles. The van der Waals surface area contributed by atoms with Crippen molar-refractivity contribution in [2.75, 3.05) is 26.1 Å². The second-order valence-electron chi connectivity index (χ2n) is 9.22. The normalized spacial score (nSPS) is 22.2. The molecule has 2 unspecified atom stereocenters. The van der Waals surface area contributed by atoms with Gasteiger partial charge in [0.2, 0.25) is 16.0 Å². The van der Waals surface area contributed by atoms with E-state index in [2.05, 4.69) is 24.9 Å². The van der Waals surface area contributed by atoms with Crippen LogP contribution in [0.5, 0.6) is 11.5 Å². The molecule has 1 aromatic carbocycles. The number of halogens is 1. The average molecular weight is 535 g/mol. The molecular weight excluding hydrogens is 508 g/mol. The van der Waals surface area contributed by atoms with E-state index in [9.17, 15) is 8.42 Å². The Kier molecular flexibility index (Phi) is 6.29. The number of rotatable bonds is 10. The van der Waals surface area contributed by atoms with Crippen LogP contribution in [-0.4, -0.2) is 59.7 Å².